The van der Waals surface area contributed by atoms with Crippen LogP contribution in [-0.4, -0.2) is 35.9 Å². The molecule has 1 aliphatic heterocycles. The minimum Gasteiger partial charge on any atom is -0.493 e. The van der Waals surface area contributed by atoms with E-state index in [1.807, 2.05) is 13.2 Å². The number of carbonyl (C=O) groups is 1. The molecule has 0 atom stereocenters. The Balaban J connectivity index is 1.97. The van der Waals surface area contributed by atoms with E-state index in [0.717, 1.165) is 11.3 Å². The van der Waals surface area contributed by atoms with Gasteiger partial charge in [0.2, 0.25) is 5.90 Å². The molecule has 0 unspecified atom stereocenters. The number of aromatic nitrogens is 2. The Morgan fingerprint density at radius 3 is 2.58 bits per heavy atom. The van der Waals surface area contributed by atoms with Crippen LogP contribution in [0.5, 0.6) is 11.5 Å². The molecule has 0 spiro atoms. The minimum absolute atomic E-state index is 0.231. The zero-order valence-corrected chi connectivity index (χ0v) is 15.4. The molecule has 0 bridgehead atoms. The zero-order valence-electron chi connectivity index (χ0n) is 15.4. The first-order valence-electron chi connectivity index (χ1n) is 8.21. The molecule has 7 heteroatoms. The molecule has 2 aromatic rings. The smallest absolute Gasteiger partial charge is 0.363 e. The first kappa shape index (κ1) is 17.7. The van der Waals surface area contributed by atoms with Gasteiger partial charge in [0.15, 0.2) is 17.2 Å². The molecule has 26 heavy (non-hydrogen) atoms. The molecule has 3 rings (SSSR count). The van der Waals surface area contributed by atoms with Crippen molar-refractivity contribution in [2.75, 3.05) is 14.2 Å². The van der Waals surface area contributed by atoms with Gasteiger partial charge in [-0.05, 0) is 30.2 Å². The van der Waals surface area contributed by atoms with Gasteiger partial charge in [-0.2, -0.15) is 5.10 Å². The van der Waals surface area contributed by atoms with Crippen LogP contribution in [0.3, 0.4) is 0 Å². The highest BCUT2D eigenvalue weighted by Gasteiger charge is 2.26. The van der Waals surface area contributed by atoms with Crippen molar-refractivity contribution < 1.29 is 19.0 Å². The molecule has 0 fully saturated rings. The lowest BCUT2D eigenvalue weighted by Crippen LogP contribution is -2.06. The van der Waals surface area contributed by atoms with E-state index in [4.69, 9.17) is 14.2 Å². The number of methoxy groups -OCH3 is 2. The molecule has 0 radical (unpaired) electrons. The monoisotopic (exact) mass is 355 g/mol. The fraction of sp³-hybridized carbons (Fsp3) is 0.316. The fourth-order valence-corrected chi connectivity index (χ4v) is 2.73. The molecular formula is C19H21N3O4. The van der Waals surface area contributed by atoms with Crippen LogP contribution >= 0.6 is 0 Å². The molecule has 0 aliphatic carbocycles. The molecule has 2 heterocycles. The summed E-state index contributed by atoms with van der Waals surface area (Å²) in [6.07, 6.45) is 3.57. The van der Waals surface area contributed by atoms with Crippen molar-refractivity contribution >= 4 is 17.9 Å². The molecule has 7 nitrogen and oxygen atoms in total. The molecule has 0 saturated carbocycles. The van der Waals surface area contributed by atoms with E-state index in [2.05, 4.69) is 23.9 Å². The quantitative estimate of drug-likeness (QED) is 0.609. The molecule has 0 amide bonds. The van der Waals surface area contributed by atoms with Gasteiger partial charge in [0.25, 0.3) is 0 Å². The Kier molecular flexibility index (Phi) is 4.79. The second-order valence-electron chi connectivity index (χ2n) is 6.20. The number of carbonyl (C=O) groups excluding carboxylic acids is 1. The van der Waals surface area contributed by atoms with Crippen LogP contribution in [-0.2, 0) is 16.6 Å². The van der Waals surface area contributed by atoms with E-state index in [-0.39, 0.29) is 17.5 Å². The average Bonchev–Trinajstić information content (AvgIpc) is 3.17. The number of cyclic esters (lactones) is 1. The fourth-order valence-electron chi connectivity index (χ4n) is 2.73. The number of aryl methyl sites for hydroxylation is 1. The third-order valence-electron chi connectivity index (χ3n) is 3.98. The van der Waals surface area contributed by atoms with Gasteiger partial charge in [-0.3, -0.25) is 4.68 Å². The first-order chi connectivity index (χ1) is 12.4. The highest BCUT2D eigenvalue weighted by Crippen LogP contribution is 2.30. The van der Waals surface area contributed by atoms with E-state index in [1.165, 1.54) is 0 Å². The number of rotatable bonds is 5. The van der Waals surface area contributed by atoms with Gasteiger partial charge in [-0.25, -0.2) is 9.79 Å². The van der Waals surface area contributed by atoms with Gasteiger partial charge >= 0.3 is 5.97 Å². The van der Waals surface area contributed by atoms with E-state index in [1.54, 1.807) is 43.2 Å². The van der Waals surface area contributed by atoms with Crippen LogP contribution in [0.1, 0.15) is 36.6 Å². The number of nitrogens with zero attached hydrogens (tertiary/aromatic N) is 3. The second-order valence-corrected chi connectivity index (χ2v) is 6.20. The van der Waals surface area contributed by atoms with Gasteiger partial charge in [0.1, 0.15) is 0 Å². The lowest BCUT2D eigenvalue weighted by molar-refractivity contribution is -0.129. The summed E-state index contributed by atoms with van der Waals surface area (Å²) in [6.45, 7) is 4.10. The van der Waals surface area contributed by atoms with Gasteiger partial charge in [0.05, 0.1) is 19.9 Å². The van der Waals surface area contributed by atoms with Crippen LogP contribution in [0.15, 0.2) is 35.1 Å². The van der Waals surface area contributed by atoms with E-state index >= 15 is 0 Å². The molecule has 1 aromatic carbocycles. The number of aliphatic imine (C=N–C) groups is 1. The highest BCUT2D eigenvalue weighted by molar-refractivity contribution is 6.13. The number of esters is 1. The Morgan fingerprint density at radius 2 is 1.92 bits per heavy atom. The third kappa shape index (κ3) is 3.33. The average molecular weight is 355 g/mol. The molecule has 136 valence electrons. The predicted molar refractivity (Wildman–Crippen MR) is 97.4 cm³/mol. The van der Waals surface area contributed by atoms with Crippen LogP contribution in [0, 0.1) is 0 Å². The van der Waals surface area contributed by atoms with E-state index < -0.39 is 5.97 Å². The van der Waals surface area contributed by atoms with Crippen molar-refractivity contribution in [1.29, 1.82) is 0 Å². The van der Waals surface area contributed by atoms with Gasteiger partial charge < -0.3 is 14.2 Å². The second kappa shape index (κ2) is 7.03. The van der Waals surface area contributed by atoms with Crippen molar-refractivity contribution in [3.05, 3.63) is 46.9 Å². The molecule has 1 aliphatic rings. The van der Waals surface area contributed by atoms with Crippen LogP contribution in [0.4, 0.5) is 0 Å². The summed E-state index contributed by atoms with van der Waals surface area (Å²) in [6, 6.07) is 5.22. The van der Waals surface area contributed by atoms with Gasteiger partial charge in [-0.15, -0.1) is 0 Å². The summed E-state index contributed by atoms with van der Waals surface area (Å²) >= 11 is 0. The van der Waals surface area contributed by atoms with Crippen molar-refractivity contribution in [2.45, 2.75) is 19.8 Å². The van der Waals surface area contributed by atoms with Crippen LogP contribution in [0.2, 0.25) is 0 Å². The highest BCUT2D eigenvalue weighted by atomic mass is 16.6. The number of hydrogen-bond donors (Lipinski definition) is 0. The number of benzene rings is 1. The summed E-state index contributed by atoms with van der Waals surface area (Å²) in [5, 5.41) is 4.44. The number of ether oxygens (including phenoxy) is 3. The van der Waals surface area contributed by atoms with E-state index in [9.17, 15) is 4.79 Å². The lowest BCUT2D eigenvalue weighted by atomic mass is 10.1. The van der Waals surface area contributed by atoms with Crippen molar-refractivity contribution in [3.8, 4) is 11.5 Å². The van der Waals surface area contributed by atoms with Crippen LogP contribution < -0.4 is 9.47 Å². The summed E-state index contributed by atoms with van der Waals surface area (Å²) in [5.41, 5.74) is 2.63. The SMILES string of the molecule is COc1ccc(C2=N/C(=C\c3cn(C)nc3C(C)C)C(=O)O2)cc1OC. The first-order valence-corrected chi connectivity index (χ1v) is 8.21. The normalized spacial score (nSPS) is 15.4. The summed E-state index contributed by atoms with van der Waals surface area (Å²) < 4.78 is 17.6. The van der Waals surface area contributed by atoms with E-state index in [0.29, 0.717) is 17.1 Å². The molecule has 1 aromatic heterocycles. The maximum absolute atomic E-state index is 12.2. The Morgan fingerprint density at radius 1 is 1.19 bits per heavy atom. The lowest BCUT2D eigenvalue weighted by Gasteiger charge is -2.08. The predicted octanol–water partition coefficient (Wildman–Crippen LogP) is 2.91. The van der Waals surface area contributed by atoms with Crippen molar-refractivity contribution in [2.24, 2.45) is 12.0 Å². The molecular weight excluding hydrogens is 334 g/mol. The molecule has 0 saturated heterocycles. The topological polar surface area (TPSA) is 74.9 Å². The Hall–Kier alpha value is -3.09. The minimum atomic E-state index is -0.492. The Bertz CT molecular complexity index is 910. The summed E-state index contributed by atoms with van der Waals surface area (Å²) in [4.78, 5) is 16.6. The zero-order chi connectivity index (χ0) is 18.8. The van der Waals surface area contributed by atoms with Crippen LogP contribution in [0.25, 0.3) is 6.08 Å². The van der Waals surface area contributed by atoms with Crippen molar-refractivity contribution in [1.82, 2.24) is 9.78 Å². The summed E-state index contributed by atoms with van der Waals surface area (Å²) in [5.74, 6) is 1.10. The Labute approximate surface area is 151 Å². The maximum atomic E-state index is 12.2. The largest absolute Gasteiger partial charge is 0.493 e. The van der Waals surface area contributed by atoms with Crippen molar-refractivity contribution in [3.63, 3.8) is 0 Å². The van der Waals surface area contributed by atoms with Gasteiger partial charge in [0, 0.05) is 24.4 Å². The summed E-state index contributed by atoms with van der Waals surface area (Å²) in [7, 11) is 4.95. The maximum Gasteiger partial charge on any atom is 0.363 e. The third-order valence-corrected chi connectivity index (χ3v) is 3.98. The van der Waals surface area contributed by atoms with Gasteiger partial charge in [-0.1, -0.05) is 13.8 Å². The number of hydrogen-bond acceptors (Lipinski definition) is 6. The molecule has 0 N–H and O–H groups in total. The standard InChI is InChI=1S/C19H21N3O4/c1-11(2)17-13(10-22(3)21-17)8-14-19(23)26-18(20-14)12-6-7-15(24-4)16(9-12)25-5/h6-11H,1-5H3/b14-8-.